The predicted octanol–water partition coefficient (Wildman–Crippen LogP) is 0.552. The van der Waals surface area contributed by atoms with E-state index < -0.39 is 0 Å². The first-order valence-corrected chi connectivity index (χ1v) is 6.98. The van der Waals surface area contributed by atoms with Gasteiger partial charge in [0.15, 0.2) is 0 Å². The van der Waals surface area contributed by atoms with Crippen molar-refractivity contribution in [2.24, 2.45) is 0 Å². The second-order valence-corrected chi connectivity index (χ2v) is 4.42. The molecular formula is C12H15N3Si. The standard InChI is InChI=1S/C12H15N3Si/c1-16-7-2-11-8-12(10-14-9-11)15-5-3-13-4-6-15/h8-10,13H,3-6H2,1H3. The fourth-order valence-electron chi connectivity index (χ4n) is 1.73. The van der Waals surface area contributed by atoms with E-state index >= 15 is 0 Å². The van der Waals surface area contributed by atoms with E-state index in [1.54, 1.807) is 0 Å². The van der Waals surface area contributed by atoms with Crippen molar-refractivity contribution in [1.82, 2.24) is 10.3 Å². The predicted molar refractivity (Wildman–Crippen MR) is 67.8 cm³/mol. The molecule has 2 rings (SSSR count). The van der Waals surface area contributed by atoms with Gasteiger partial charge in [0.2, 0.25) is 0 Å². The molecule has 1 N–H and O–H groups in total. The Kier molecular flexibility index (Phi) is 3.97. The SMILES string of the molecule is C[Si]C#Cc1cncc(N2CCNCC2)c1. The number of hydrogen-bond donors (Lipinski definition) is 1. The Morgan fingerprint density at radius 3 is 2.94 bits per heavy atom. The molecule has 1 aromatic rings. The van der Waals surface area contributed by atoms with Crippen LogP contribution in [0.15, 0.2) is 18.5 Å². The average molecular weight is 229 g/mol. The molecule has 1 fully saturated rings. The number of pyridine rings is 1. The maximum absolute atomic E-state index is 4.25. The van der Waals surface area contributed by atoms with Gasteiger partial charge in [-0.3, -0.25) is 4.98 Å². The van der Waals surface area contributed by atoms with Gasteiger partial charge in [0.05, 0.1) is 11.9 Å². The number of nitrogens with one attached hydrogen (secondary N) is 1. The summed E-state index contributed by atoms with van der Waals surface area (Å²) in [5, 5.41) is 3.34. The first-order chi connectivity index (χ1) is 7.90. The first kappa shape index (κ1) is 11.2. The van der Waals surface area contributed by atoms with E-state index in [0.717, 1.165) is 31.7 Å². The third-order valence-corrected chi connectivity index (χ3v) is 2.91. The van der Waals surface area contributed by atoms with E-state index in [9.17, 15) is 0 Å². The highest BCUT2D eigenvalue weighted by Gasteiger charge is 2.10. The minimum atomic E-state index is 0.674. The molecular weight excluding hydrogens is 214 g/mol. The van der Waals surface area contributed by atoms with Crippen molar-refractivity contribution >= 4 is 15.2 Å². The van der Waals surface area contributed by atoms with Gasteiger partial charge in [-0.1, -0.05) is 12.5 Å². The molecule has 82 valence electrons. The number of rotatable bonds is 1. The van der Waals surface area contributed by atoms with Crippen LogP contribution in [0.2, 0.25) is 6.55 Å². The van der Waals surface area contributed by atoms with Crippen LogP contribution in [0, 0.1) is 11.5 Å². The van der Waals surface area contributed by atoms with Crippen molar-refractivity contribution < 1.29 is 0 Å². The largest absolute Gasteiger partial charge is 0.368 e. The van der Waals surface area contributed by atoms with Crippen LogP contribution in [-0.4, -0.2) is 40.7 Å². The van der Waals surface area contributed by atoms with Crippen LogP contribution in [-0.2, 0) is 0 Å². The second-order valence-electron chi connectivity index (χ2n) is 3.67. The summed E-state index contributed by atoms with van der Waals surface area (Å²) in [5.41, 5.74) is 5.31. The lowest BCUT2D eigenvalue weighted by Crippen LogP contribution is -2.43. The number of hydrogen-bond acceptors (Lipinski definition) is 3. The molecule has 1 saturated heterocycles. The smallest absolute Gasteiger partial charge is 0.144 e. The molecule has 0 aromatic carbocycles. The number of piperazine rings is 1. The summed E-state index contributed by atoms with van der Waals surface area (Å²) in [7, 11) is 0.674. The Balaban J connectivity index is 2.14. The van der Waals surface area contributed by atoms with Gasteiger partial charge in [0.25, 0.3) is 0 Å². The summed E-state index contributed by atoms with van der Waals surface area (Å²) in [5.74, 6) is 3.13. The molecule has 4 heteroatoms. The Morgan fingerprint density at radius 1 is 1.38 bits per heavy atom. The van der Waals surface area contributed by atoms with E-state index in [4.69, 9.17) is 0 Å². The fraction of sp³-hybridized carbons (Fsp3) is 0.417. The summed E-state index contributed by atoms with van der Waals surface area (Å²) in [6.07, 6.45) is 3.75. The molecule has 0 saturated carbocycles. The van der Waals surface area contributed by atoms with Crippen LogP contribution in [0.4, 0.5) is 5.69 Å². The van der Waals surface area contributed by atoms with E-state index in [2.05, 4.69) is 39.3 Å². The molecule has 0 bridgehead atoms. The highest BCUT2D eigenvalue weighted by atomic mass is 28.2. The van der Waals surface area contributed by atoms with Gasteiger partial charge >= 0.3 is 0 Å². The Labute approximate surface area is 99.1 Å². The average Bonchev–Trinajstić information content (AvgIpc) is 2.38. The van der Waals surface area contributed by atoms with Gasteiger partial charge in [0.1, 0.15) is 9.52 Å². The van der Waals surface area contributed by atoms with Crippen molar-refractivity contribution in [2.75, 3.05) is 31.1 Å². The maximum Gasteiger partial charge on any atom is 0.144 e. The summed E-state index contributed by atoms with van der Waals surface area (Å²) in [6.45, 7) is 6.28. The van der Waals surface area contributed by atoms with E-state index in [1.807, 2.05) is 12.4 Å². The zero-order chi connectivity index (χ0) is 11.2. The molecule has 0 amide bonds. The Bertz CT molecular complexity index is 402. The zero-order valence-electron chi connectivity index (χ0n) is 9.45. The summed E-state index contributed by atoms with van der Waals surface area (Å²) in [6, 6.07) is 2.13. The van der Waals surface area contributed by atoms with Gasteiger partial charge in [-0.25, -0.2) is 0 Å². The van der Waals surface area contributed by atoms with Crippen LogP contribution in [0.5, 0.6) is 0 Å². The number of aromatic nitrogens is 1. The van der Waals surface area contributed by atoms with Crippen LogP contribution in [0.25, 0.3) is 0 Å². The van der Waals surface area contributed by atoms with Crippen LogP contribution < -0.4 is 10.2 Å². The summed E-state index contributed by atoms with van der Waals surface area (Å²) < 4.78 is 0. The minimum absolute atomic E-state index is 0.674. The molecule has 0 atom stereocenters. The highest BCUT2D eigenvalue weighted by molar-refractivity contribution is 6.44. The van der Waals surface area contributed by atoms with Gasteiger partial charge < -0.3 is 10.2 Å². The van der Waals surface area contributed by atoms with Gasteiger partial charge in [-0.15, -0.1) is 5.54 Å². The lowest BCUT2D eigenvalue weighted by molar-refractivity contribution is 0.588. The van der Waals surface area contributed by atoms with Crippen molar-refractivity contribution in [2.45, 2.75) is 6.55 Å². The monoisotopic (exact) mass is 229 g/mol. The fourth-order valence-corrected chi connectivity index (χ4v) is 2.00. The molecule has 2 radical (unpaired) electrons. The Hall–Kier alpha value is -1.31. The van der Waals surface area contributed by atoms with Gasteiger partial charge in [-0.05, 0) is 6.07 Å². The molecule has 0 unspecified atom stereocenters. The summed E-state index contributed by atoms with van der Waals surface area (Å²) >= 11 is 0. The molecule has 2 heterocycles. The van der Waals surface area contributed by atoms with Crippen LogP contribution >= 0.6 is 0 Å². The van der Waals surface area contributed by atoms with E-state index in [1.165, 1.54) is 5.69 Å². The molecule has 1 aliphatic heterocycles. The molecule has 1 aliphatic rings. The third kappa shape index (κ3) is 2.84. The van der Waals surface area contributed by atoms with Gasteiger partial charge in [-0.2, -0.15) is 0 Å². The summed E-state index contributed by atoms with van der Waals surface area (Å²) in [4.78, 5) is 6.60. The van der Waals surface area contributed by atoms with E-state index in [0.29, 0.717) is 9.52 Å². The Morgan fingerprint density at radius 2 is 2.19 bits per heavy atom. The lowest BCUT2D eigenvalue weighted by atomic mass is 10.2. The van der Waals surface area contributed by atoms with Gasteiger partial charge in [0, 0.05) is 37.9 Å². The molecule has 1 aromatic heterocycles. The van der Waals surface area contributed by atoms with Crippen molar-refractivity contribution in [3.8, 4) is 11.5 Å². The molecule has 0 aliphatic carbocycles. The van der Waals surface area contributed by atoms with E-state index in [-0.39, 0.29) is 0 Å². The van der Waals surface area contributed by atoms with Crippen molar-refractivity contribution in [3.63, 3.8) is 0 Å². The molecule has 3 nitrogen and oxygen atoms in total. The number of anilines is 1. The lowest BCUT2D eigenvalue weighted by Gasteiger charge is -2.29. The van der Waals surface area contributed by atoms with Crippen molar-refractivity contribution in [3.05, 3.63) is 24.0 Å². The minimum Gasteiger partial charge on any atom is -0.368 e. The van der Waals surface area contributed by atoms with Crippen molar-refractivity contribution in [1.29, 1.82) is 0 Å². The molecule has 16 heavy (non-hydrogen) atoms. The van der Waals surface area contributed by atoms with Crippen LogP contribution in [0.1, 0.15) is 5.56 Å². The first-order valence-electron chi connectivity index (χ1n) is 5.48. The normalized spacial score (nSPS) is 15.4. The third-order valence-electron chi connectivity index (χ3n) is 2.54. The molecule has 0 spiro atoms. The highest BCUT2D eigenvalue weighted by Crippen LogP contribution is 2.14. The zero-order valence-corrected chi connectivity index (χ0v) is 10.5. The second kappa shape index (κ2) is 5.68. The quantitative estimate of drug-likeness (QED) is 0.563. The van der Waals surface area contributed by atoms with Crippen LogP contribution in [0.3, 0.4) is 0 Å². The maximum atomic E-state index is 4.25. The number of nitrogens with zero attached hydrogens (tertiary/aromatic N) is 2. The topological polar surface area (TPSA) is 28.2 Å².